The number of nitro benzene ring substituents is 1. The number of nitrogens with zero attached hydrogens (tertiary/aromatic N) is 1. The molecule has 0 radical (unpaired) electrons. The molecule has 6 nitrogen and oxygen atoms in total. The van der Waals surface area contributed by atoms with Crippen LogP contribution in [0, 0.1) is 17.0 Å². The molecule has 0 amide bonds. The Hall–Kier alpha value is -1.47. The molecule has 0 aliphatic rings. The van der Waals surface area contributed by atoms with Gasteiger partial charge in [0.2, 0.25) is 0 Å². The van der Waals surface area contributed by atoms with Crippen molar-refractivity contribution in [2.75, 3.05) is 0 Å². The van der Waals surface area contributed by atoms with Crippen molar-refractivity contribution in [2.45, 2.75) is 11.8 Å². The Kier molecular flexibility index (Phi) is 2.54. The van der Waals surface area contributed by atoms with Crippen molar-refractivity contribution in [1.29, 1.82) is 0 Å². The zero-order valence-electron chi connectivity index (χ0n) is 7.17. The topological polar surface area (TPSA) is 97.5 Å². The number of nitro groups is 1. The molecule has 0 unspecified atom stereocenters. The maximum atomic E-state index is 10.7. The van der Waals surface area contributed by atoms with Crippen LogP contribution in [0.3, 0.4) is 0 Å². The molecule has 7 heteroatoms. The Labute approximate surface area is 80.1 Å². The first-order valence-electron chi connectivity index (χ1n) is 3.54. The van der Waals surface area contributed by atoms with Crippen LogP contribution < -0.4 is 0 Å². The highest BCUT2D eigenvalue weighted by Crippen LogP contribution is 2.19. The first kappa shape index (κ1) is 10.6. The summed E-state index contributed by atoms with van der Waals surface area (Å²) in [5, 5.41) is 10.4. The molecule has 0 bridgehead atoms. The minimum atomic E-state index is -4.39. The van der Waals surface area contributed by atoms with Crippen LogP contribution >= 0.6 is 0 Å². The summed E-state index contributed by atoms with van der Waals surface area (Å²) in [7, 11) is -4.39. The Morgan fingerprint density at radius 2 is 1.93 bits per heavy atom. The largest absolute Gasteiger partial charge is 0.294 e. The van der Waals surface area contributed by atoms with Crippen molar-refractivity contribution in [3.8, 4) is 0 Å². The summed E-state index contributed by atoms with van der Waals surface area (Å²) >= 11 is 0. The number of non-ortho nitro benzene ring substituents is 1. The summed E-state index contributed by atoms with van der Waals surface area (Å²) in [6.45, 7) is 1.50. The molecule has 0 fully saturated rings. The number of hydrogen-bond donors (Lipinski definition) is 1. The second kappa shape index (κ2) is 3.35. The molecule has 1 N–H and O–H groups in total. The predicted octanol–water partition coefficient (Wildman–Crippen LogP) is 1.15. The summed E-state index contributed by atoms with van der Waals surface area (Å²) in [5.41, 5.74) is 0.0319. The molecule has 0 heterocycles. The Morgan fingerprint density at radius 1 is 1.36 bits per heavy atom. The van der Waals surface area contributed by atoms with Gasteiger partial charge in [-0.05, 0) is 18.6 Å². The number of rotatable bonds is 2. The predicted molar refractivity (Wildman–Crippen MR) is 47.6 cm³/mol. The van der Waals surface area contributed by atoms with E-state index in [0.717, 1.165) is 12.1 Å². The van der Waals surface area contributed by atoms with Crippen LogP contribution in [-0.4, -0.2) is 17.9 Å². The normalized spacial score (nSPS) is 11.3. The van der Waals surface area contributed by atoms with Crippen LogP contribution in [-0.2, 0) is 10.1 Å². The summed E-state index contributed by atoms with van der Waals surface area (Å²) in [5.74, 6) is 0. The second-order valence-corrected chi connectivity index (χ2v) is 4.16. The van der Waals surface area contributed by atoms with Crippen LogP contribution in [0.1, 0.15) is 5.56 Å². The lowest BCUT2D eigenvalue weighted by molar-refractivity contribution is -0.385. The monoisotopic (exact) mass is 217 g/mol. The van der Waals surface area contributed by atoms with Crippen LogP contribution in [0.15, 0.2) is 23.1 Å². The van der Waals surface area contributed by atoms with Gasteiger partial charge in [0, 0.05) is 12.1 Å². The van der Waals surface area contributed by atoms with E-state index in [2.05, 4.69) is 0 Å². The van der Waals surface area contributed by atoms with Gasteiger partial charge < -0.3 is 0 Å². The molecule has 0 saturated carbocycles. The molecule has 14 heavy (non-hydrogen) atoms. The summed E-state index contributed by atoms with van der Waals surface area (Å²) in [4.78, 5) is 9.17. The smallest absolute Gasteiger partial charge is 0.282 e. The first-order chi connectivity index (χ1) is 6.30. The van der Waals surface area contributed by atoms with Gasteiger partial charge in [0.25, 0.3) is 15.8 Å². The molecule has 1 aromatic carbocycles. The molecular weight excluding hydrogens is 210 g/mol. The Morgan fingerprint density at radius 3 is 2.36 bits per heavy atom. The average Bonchev–Trinajstić information content (AvgIpc) is 2.01. The van der Waals surface area contributed by atoms with Gasteiger partial charge in [-0.25, -0.2) is 0 Å². The van der Waals surface area contributed by atoms with E-state index < -0.39 is 19.9 Å². The molecule has 0 atom stereocenters. The fourth-order valence-corrected chi connectivity index (χ4v) is 1.59. The fourth-order valence-electron chi connectivity index (χ4n) is 0.983. The van der Waals surface area contributed by atoms with Gasteiger partial charge in [-0.1, -0.05) is 0 Å². The molecule has 76 valence electrons. The van der Waals surface area contributed by atoms with Gasteiger partial charge >= 0.3 is 0 Å². The van der Waals surface area contributed by atoms with Gasteiger partial charge in [0.1, 0.15) is 4.90 Å². The van der Waals surface area contributed by atoms with E-state index in [1.807, 2.05) is 0 Å². The highest BCUT2D eigenvalue weighted by Gasteiger charge is 2.15. The van der Waals surface area contributed by atoms with Gasteiger partial charge in [0.05, 0.1) is 4.92 Å². The molecule has 1 rings (SSSR count). The van der Waals surface area contributed by atoms with Crippen molar-refractivity contribution in [2.24, 2.45) is 0 Å². The molecule has 0 saturated heterocycles. The molecule has 1 aromatic rings. The third kappa shape index (κ3) is 2.27. The highest BCUT2D eigenvalue weighted by atomic mass is 32.2. The van der Waals surface area contributed by atoms with Crippen LogP contribution in [0.2, 0.25) is 0 Å². The molecule has 0 spiro atoms. The standard InChI is InChI=1S/C7H7NO5S/c1-5-2-6(8(9)10)4-7(3-5)14(11,12)13/h2-4H,1H3,(H,11,12,13). The summed E-state index contributed by atoms with van der Waals surface area (Å²) in [6.07, 6.45) is 0. The molecular formula is C7H7NO5S. The van der Waals surface area contributed by atoms with Crippen molar-refractivity contribution < 1.29 is 17.9 Å². The molecule has 0 aromatic heterocycles. The van der Waals surface area contributed by atoms with Crippen molar-refractivity contribution >= 4 is 15.8 Å². The Balaban J connectivity index is 3.43. The van der Waals surface area contributed by atoms with Crippen LogP contribution in [0.25, 0.3) is 0 Å². The van der Waals surface area contributed by atoms with E-state index in [9.17, 15) is 18.5 Å². The third-order valence-electron chi connectivity index (χ3n) is 1.54. The maximum absolute atomic E-state index is 10.7. The molecule has 0 aliphatic carbocycles. The van der Waals surface area contributed by atoms with Gasteiger partial charge in [-0.3, -0.25) is 14.7 Å². The minimum Gasteiger partial charge on any atom is -0.282 e. The minimum absolute atomic E-state index is 0.363. The van der Waals surface area contributed by atoms with Gasteiger partial charge in [0.15, 0.2) is 0 Å². The van der Waals surface area contributed by atoms with E-state index in [-0.39, 0.29) is 5.69 Å². The van der Waals surface area contributed by atoms with Crippen LogP contribution in [0.4, 0.5) is 5.69 Å². The number of aryl methyl sites for hydroxylation is 1. The van der Waals surface area contributed by atoms with Crippen molar-refractivity contribution in [3.05, 3.63) is 33.9 Å². The Bertz CT molecular complexity index is 479. The van der Waals surface area contributed by atoms with E-state index in [4.69, 9.17) is 4.55 Å². The average molecular weight is 217 g/mol. The van der Waals surface area contributed by atoms with E-state index in [1.165, 1.54) is 13.0 Å². The lowest BCUT2D eigenvalue weighted by Crippen LogP contribution is -2.00. The number of benzene rings is 1. The lowest BCUT2D eigenvalue weighted by Gasteiger charge is -1.99. The first-order valence-corrected chi connectivity index (χ1v) is 4.98. The van der Waals surface area contributed by atoms with Crippen molar-refractivity contribution in [1.82, 2.24) is 0 Å². The van der Waals surface area contributed by atoms with E-state index in [1.54, 1.807) is 0 Å². The number of hydrogen-bond acceptors (Lipinski definition) is 4. The zero-order valence-corrected chi connectivity index (χ0v) is 7.98. The maximum Gasteiger partial charge on any atom is 0.294 e. The zero-order chi connectivity index (χ0) is 10.9. The quantitative estimate of drug-likeness (QED) is 0.455. The van der Waals surface area contributed by atoms with Crippen LogP contribution in [0.5, 0.6) is 0 Å². The third-order valence-corrected chi connectivity index (χ3v) is 2.38. The fraction of sp³-hybridized carbons (Fsp3) is 0.143. The molecule has 0 aliphatic heterocycles. The van der Waals surface area contributed by atoms with Gasteiger partial charge in [-0.2, -0.15) is 8.42 Å². The van der Waals surface area contributed by atoms with E-state index in [0.29, 0.717) is 5.56 Å². The van der Waals surface area contributed by atoms with Crippen molar-refractivity contribution in [3.63, 3.8) is 0 Å². The second-order valence-electron chi connectivity index (χ2n) is 2.74. The SMILES string of the molecule is Cc1cc([N+](=O)[O-])cc(S(=O)(=O)O)c1. The highest BCUT2D eigenvalue weighted by molar-refractivity contribution is 7.85. The lowest BCUT2D eigenvalue weighted by atomic mass is 10.2. The summed E-state index contributed by atoms with van der Waals surface area (Å²) in [6, 6.07) is 3.18. The van der Waals surface area contributed by atoms with E-state index >= 15 is 0 Å². The summed E-state index contributed by atoms with van der Waals surface area (Å²) < 4.78 is 30.1. The van der Waals surface area contributed by atoms with Gasteiger partial charge in [-0.15, -0.1) is 0 Å².